The summed E-state index contributed by atoms with van der Waals surface area (Å²) in [7, 11) is 0. The first-order valence-corrected chi connectivity index (χ1v) is 5.89. The van der Waals surface area contributed by atoms with Crippen molar-refractivity contribution in [3.63, 3.8) is 0 Å². The number of carbonyl (C=O) groups is 1. The minimum absolute atomic E-state index is 0.114. The number of aryl methyl sites for hydroxylation is 1. The molecule has 1 atom stereocenters. The van der Waals surface area contributed by atoms with Crippen LogP contribution in [0.2, 0.25) is 0 Å². The summed E-state index contributed by atoms with van der Waals surface area (Å²) in [5, 5.41) is 9.07. The molecule has 1 aromatic heterocycles. The van der Waals surface area contributed by atoms with E-state index in [0.29, 0.717) is 5.92 Å². The number of carboxylic acids is 1. The van der Waals surface area contributed by atoms with Crippen LogP contribution in [0.5, 0.6) is 0 Å². The fraction of sp³-hybridized carbons (Fsp3) is 0.538. The zero-order valence-corrected chi connectivity index (χ0v) is 9.30. The van der Waals surface area contributed by atoms with E-state index >= 15 is 0 Å². The summed E-state index contributed by atoms with van der Waals surface area (Å²) in [6.07, 6.45) is 8.49. The van der Waals surface area contributed by atoms with Crippen molar-refractivity contribution in [1.29, 1.82) is 0 Å². The van der Waals surface area contributed by atoms with E-state index in [1.807, 2.05) is 18.3 Å². The Balaban J connectivity index is 1.76. The standard InChI is InChI=1S/C13H17NO2/c15-13(16)12(11-6-7-11)5-1-3-10-4-2-8-14-9-10/h2,4,8-9,11-12H,1,3,5-7H2,(H,15,16). The first-order chi connectivity index (χ1) is 7.77. The van der Waals surface area contributed by atoms with Gasteiger partial charge >= 0.3 is 5.97 Å². The third-order valence-electron chi connectivity index (χ3n) is 3.21. The van der Waals surface area contributed by atoms with Gasteiger partial charge in [0.2, 0.25) is 0 Å². The third kappa shape index (κ3) is 3.05. The number of aromatic nitrogens is 1. The van der Waals surface area contributed by atoms with E-state index in [4.69, 9.17) is 5.11 Å². The maximum Gasteiger partial charge on any atom is 0.306 e. The van der Waals surface area contributed by atoms with Crippen molar-refractivity contribution in [2.75, 3.05) is 0 Å². The minimum atomic E-state index is -0.617. The molecule has 1 fully saturated rings. The maximum absolute atomic E-state index is 11.0. The number of rotatable bonds is 6. The fourth-order valence-electron chi connectivity index (χ4n) is 2.13. The number of pyridine rings is 1. The number of aliphatic carboxylic acids is 1. The SMILES string of the molecule is O=C(O)C(CCCc1cccnc1)C1CC1. The van der Waals surface area contributed by atoms with Crippen LogP contribution in [0.25, 0.3) is 0 Å². The van der Waals surface area contributed by atoms with Crippen LogP contribution >= 0.6 is 0 Å². The predicted octanol–water partition coefficient (Wildman–Crippen LogP) is 2.52. The lowest BCUT2D eigenvalue weighted by molar-refractivity contribution is -0.142. The van der Waals surface area contributed by atoms with Gasteiger partial charge in [-0.2, -0.15) is 0 Å². The van der Waals surface area contributed by atoms with Crippen LogP contribution in [0.15, 0.2) is 24.5 Å². The van der Waals surface area contributed by atoms with Crippen molar-refractivity contribution in [1.82, 2.24) is 4.98 Å². The van der Waals surface area contributed by atoms with Gasteiger partial charge in [-0.3, -0.25) is 9.78 Å². The van der Waals surface area contributed by atoms with Gasteiger partial charge in [0.1, 0.15) is 0 Å². The van der Waals surface area contributed by atoms with Crippen molar-refractivity contribution < 1.29 is 9.90 Å². The van der Waals surface area contributed by atoms with Crippen molar-refractivity contribution >= 4 is 5.97 Å². The largest absolute Gasteiger partial charge is 0.481 e. The Morgan fingerprint density at radius 1 is 1.56 bits per heavy atom. The number of hydrogen-bond donors (Lipinski definition) is 1. The molecule has 3 nitrogen and oxygen atoms in total. The highest BCUT2D eigenvalue weighted by atomic mass is 16.4. The van der Waals surface area contributed by atoms with Crippen molar-refractivity contribution in [3.8, 4) is 0 Å². The van der Waals surface area contributed by atoms with Gasteiger partial charge in [0.15, 0.2) is 0 Å². The molecule has 1 heterocycles. The smallest absolute Gasteiger partial charge is 0.306 e. The van der Waals surface area contributed by atoms with Crippen LogP contribution in [0.4, 0.5) is 0 Å². The molecule has 16 heavy (non-hydrogen) atoms. The summed E-state index contributed by atoms with van der Waals surface area (Å²) < 4.78 is 0. The summed E-state index contributed by atoms with van der Waals surface area (Å²) in [5.74, 6) is -0.281. The molecule has 1 aliphatic carbocycles. The van der Waals surface area contributed by atoms with Gasteiger partial charge in [-0.15, -0.1) is 0 Å². The van der Waals surface area contributed by atoms with Gasteiger partial charge in [-0.05, 0) is 49.7 Å². The average molecular weight is 219 g/mol. The zero-order chi connectivity index (χ0) is 11.4. The Morgan fingerprint density at radius 2 is 2.38 bits per heavy atom. The molecule has 1 N–H and O–H groups in total. The predicted molar refractivity (Wildman–Crippen MR) is 61.0 cm³/mol. The van der Waals surface area contributed by atoms with Crippen molar-refractivity contribution in [2.24, 2.45) is 11.8 Å². The monoisotopic (exact) mass is 219 g/mol. The van der Waals surface area contributed by atoms with E-state index in [0.717, 1.165) is 32.1 Å². The van der Waals surface area contributed by atoms with Gasteiger partial charge in [-0.1, -0.05) is 6.07 Å². The van der Waals surface area contributed by atoms with E-state index < -0.39 is 5.97 Å². The van der Waals surface area contributed by atoms with E-state index in [1.165, 1.54) is 5.56 Å². The number of carboxylic acid groups (broad SMARTS) is 1. The van der Waals surface area contributed by atoms with Crippen LogP contribution in [0, 0.1) is 11.8 Å². The maximum atomic E-state index is 11.0. The highest BCUT2D eigenvalue weighted by Gasteiger charge is 2.35. The van der Waals surface area contributed by atoms with E-state index in [1.54, 1.807) is 6.20 Å². The lowest BCUT2D eigenvalue weighted by Gasteiger charge is -2.10. The summed E-state index contributed by atoms with van der Waals surface area (Å²) in [4.78, 5) is 15.1. The molecule has 0 radical (unpaired) electrons. The van der Waals surface area contributed by atoms with Crippen molar-refractivity contribution in [3.05, 3.63) is 30.1 Å². The van der Waals surface area contributed by atoms with E-state index in [-0.39, 0.29) is 5.92 Å². The van der Waals surface area contributed by atoms with Gasteiger partial charge in [0.05, 0.1) is 5.92 Å². The molecule has 0 aliphatic heterocycles. The lowest BCUT2D eigenvalue weighted by atomic mass is 9.96. The molecule has 3 heteroatoms. The second-order valence-electron chi connectivity index (χ2n) is 4.54. The number of hydrogen-bond acceptors (Lipinski definition) is 2. The fourth-order valence-corrected chi connectivity index (χ4v) is 2.13. The van der Waals surface area contributed by atoms with Crippen molar-refractivity contribution in [2.45, 2.75) is 32.1 Å². The molecule has 2 rings (SSSR count). The molecular weight excluding hydrogens is 202 g/mol. The second-order valence-corrected chi connectivity index (χ2v) is 4.54. The molecule has 0 spiro atoms. The Hall–Kier alpha value is -1.38. The Kier molecular flexibility index (Phi) is 3.54. The highest BCUT2D eigenvalue weighted by Crippen LogP contribution is 2.39. The molecular formula is C13H17NO2. The Morgan fingerprint density at radius 3 is 2.94 bits per heavy atom. The molecule has 1 aliphatic rings. The summed E-state index contributed by atoms with van der Waals surface area (Å²) in [6.45, 7) is 0. The molecule has 86 valence electrons. The molecule has 1 saturated carbocycles. The summed E-state index contributed by atoms with van der Waals surface area (Å²) in [6, 6.07) is 3.96. The van der Waals surface area contributed by atoms with Crippen LogP contribution in [-0.2, 0) is 11.2 Å². The van der Waals surface area contributed by atoms with Gasteiger partial charge in [0, 0.05) is 12.4 Å². The normalized spacial score (nSPS) is 17.0. The first-order valence-electron chi connectivity index (χ1n) is 5.89. The van der Waals surface area contributed by atoms with E-state index in [9.17, 15) is 4.79 Å². The van der Waals surface area contributed by atoms with Gasteiger partial charge in [0.25, 0.3) is 0 Å². The Bertz CT molecular complexity index is 346. The third-order valence-corrected chi connectivity index (χ3v) is 3.21. The molecule has 0 amide bonds. The highest BCUT2D eigenvalue weighted by molar-refractivity contribution is 5.70. The molecule has 0 bridgehead atoms. The van der Waals surface area contributed by atoms with Crippen LogP contribution in [0.1, 0.15) is 31.2 Å². The zero-order valence-electron chi connectivity index (χ0n) is 9.30. The topological polar surface area (TPSA) is 50.2 Å². The van der Waals surface area contributed by atoms with Gasteiger partial charge in [-0.25, -0.2) is 0 Å². The van der Waals surface area contributed by atoms with Crippen LogP contribution < -0.4 is 0 Å². The average Bonchev–Trinajstić information content (AvgIpc) is 3.09. The van der Waals surface area contributed by atoms with Crippen LogP contribution in [0.3, 0.4) is 0 Å². The first kappa shape index (κ1) is 11.1. The van der Waals surface area contributed by atoms with Gasteiger partial charge < -0.3 is 5.11 Å². The molecule has 0 saturated heterocycles. The lowest BCUT2D eigenvalue weighted by Crippen LogP contribution is -2.15. The number of nitrogens with zero attached hydrogens (tertiary/aromatic N) is 1. The second kappa shape index (κ2) is 5.10. The molecule has 0 aromatic carbocycles. The van der Waals surface area contributed by atoms with E-state index in [2.05, 4.69) is 4.98 Å². The quantitative estimate of drug-likeness (QED) is 0.799. The molecule has 1 unspecified atom stereocenters. The van der Waals surface area contributed by atoms with Crippen LogP contribution in [-0.4, -0.2) is 16.1 Å². The minimum Gasteiger partial charge on any atom is -0.481 e. The Labute approximate surface area is 95.5 Å². The molecule has 1 aromatic rings. The summed E-state index contributed by atoms with van der Waals surface area (Å²) in [5.41, 5.74) is 1.20. The summed E-state index contributed by atoms with van der Waals surface area (Å²) >= 11 is 0.